The Morgan fingerprint density at radius 3 is 2.28 bits per heavy atom. The van der Waals surface area contributed by atoms with Crippen molar-refractivity contribution in [3.63, 3.8) is 0 Å². The SMILES string of the molecule is O=C(N[C@@H](Cc1ccc(O)cc1)C(=O)NCc1ccc(O)c(O)c1)c1cc(=O)c2cccc(O)c2[nH]1. The van der Waals surface area contributed by atoms with E-state index >= 15 is 0 Å². The highest BCUT2D eigenvalue weighted by Crippen LogP contribution is 2.25. The van der Waals surface area contributed by atoms with Crippen LogP contribution in [0.15, 0.2) is 71.5 Å². The molecule has 4 aromatic rings. The number of aromatic nitrogens is 1. The highest BCUT2D eigenvalue weighted by atomic mass is 16.3. The Kier molecular flexibility index (Phi) is 6.77. The summed E-state index contributed by atoms with van der Waals surface area (Å²) in [5.74, 6) is -2.06. The fourth-order valence-corrected chi connectivity index (χ4v) is 3.68. The van der Waals surface area contributed by atoms with E-state index < -0.39 is 23.3 Å². The smallest absolute Gasteiger partial charge is 0.268 e. The second-order valence-corrected chi connectivity index (χ2v) is 8.18. The number of carbonyl (C=O) groups is 2. The molecule has 0 spiro atoms. The van der Waals surface area contributed by atoms with E-state index in [4.69, 9.17) is 0 Å². The minimum Gasteiger partial charge on any atom is -0.508 e. The van der Waals surface area contributed by atoms with Crippen LogP contribution in [-0.2, 0) is 17.8 Å². The zero-order valence-corrected chi connectivity index (χ0v) is 18.9. The average molecular weight is 489 g/mol. The summed E-state index contributed by atoms with van der Waals surface area (Å²) in [6, 6.07) is 14.7. The Labute approximate surface area is 204 Å². The van der Waals surface area contributed by atoms with Crippen molar-refractivity contribution in [2.24, 2.45) is 0 Å². The zero-order valence-electron chi connectivity index (χ0n) is 18.9. The fraction of sp³-hybridized carbons (Fsp3) is 0.115. The van der Waals surface area contributed by atoms with E-state index in [1.165, 1.54) is 48.5 Å². The number of pyridine rings is 1. The number of fused-ring (bicyclic) bond motifs is 1. The van der Waals surface area contributed by atoms with Gasteiger partial charge in [0.25, 0.3) is 5.91 Å². The van der Waals surface area contributed by atoms with Gasteiger partial charge in [0.2, 0.25) is 5.91 Å². The quantitative estimate of drug-likeness (QED) is 0.195. The molecular weight excluding hydrogens is 466 g/mol. The number of carbonyl (C=O) groups excluding carboxylic acids is 2. The van der Waals surface area contributed by atoms with E-state index in [2.05, 4.69) is 15.6 Å². The zero-order chi connectivity index (χ0) is 25.8. The highest BCUT2D eigenvalue weighted by molar-refractivity contribution is 5.98. The first-order valence-electron chi connectivity index (χ1n) is 10.9. The van der Waals surface area contributed by atoms with Crippen molar-refractivity contribution in [3.05, 3.63) is 93.8 Å². The summed E-state index contributed by atoms with van der Waals surface area (Å²) in [6.45, 7) is 0.00923. The first-order valence-corrected chi connectivity index (χ1v) is 10.9. The van der Waals surface area contributed by atoms with Gasteiger partial charge in [0, 0.05) is 24.4 Å². The van der Waals surface area contributed by atoms with Crippen molar-refractivity contribution < 1.29 is 30.0 Å². The molecule has 1 aromatic heterocycles. The Bertz CT molecular complexity index is 1500. The lowest BCUT2D eigenvalue weighted by Gasteiger charge is -2.19. The van der Waals surface area contributed by atoms with Crippen molar-refractivity contribution in [2.75, 3.05) is 0 Å². The molecule has 10 nitrogen and oxygen atoms in total. The molecule has 1 heterocycles. The predicted molar refractivity (Wildman–Crippen MR) is 131 cm³/mol. The molecule has 0 saturated heterocycles. The largest absolute Gasteiger partial charge is 0.508 e. The van der Waals surface area contributed by atoms with Gasteiger partial charge >= 0.3 is 0 Å². The molecule has 0 fully saturated rings. The molecule has 3 aromatic carbocycles. The van der Waals surface area contributed by atoms with Crippen molar-refractivity contribution in [1.82, 2.24) is 15.6 Å². The molecule has 0 aliphatic carbocycles. The molecule has 184 valence electrons. The first kappa shape index (κ1) is 24.1. The third-order valence-electron chi connectivity index (χ3n) is 5.59. The third kappa shape index (κ3) is 5.39. The van der Waals surface area contributed by atoms with E-state index in [1.54, 1.807) is 12.1 Å². The number of benzene rings is 3. The minimum absolute atomic E-state index is 0.00923. The Morgan fingerprint density at radius 2 is 1.56 bits per heavy atom. The highest BCUT2D eigenvalue weighted by Gasteiger charge is 2.23. The number of aromatic amines is 1. The standard InChI is InChI=1S/C26H23N3O7/c30-16-7-4-14(5-8-16)10-18(25(35)27-13-15-6-9-20(31)23(34)11-15)29-26(36)19-12-22(33)17-2-1-3-21(32)24(17)28-19/h1-9,11-12,18,30-32,34H,10,13H2,(H,27,35)(H,28,33)(H,29,36)/t18-/m0/s1. The number of rotatable bonds is 7. The summed E-state index contributed by atoms with van der Waals surface area (Å²) >= 11 is 0. The van der Waals surface area contributed by atoms with Gasteiger partial charge in [-0.25, -0.2) is 0 Å². The van der Waals surface area contributed by atoms with Crippen LogP contribution in [0.3, 0.4) is 0 Å². The molecule has 0 saturated carbocycles. The van der Waals surface area contributed by atoms with Crippen LogP contribution in [0.2, 0.25) is 0 Å². The maximum Gasteiger partial charge on any atom is 0.268 e. The maximum absolute atomic E-state index is 13.0. The number of H-pyrrole nitrogens is 1. The lowest BCUT2D eigenvalue weighted by molar-refractivity contribution is -0.123. The van der Waals surface area contributed by atoms with Crippen molar-refractivity contribution in [1.29, 1.82) is 0 Å². The Morgan fingerprint density at radius 1 is 0.833 bits per heavy atom. The number of hydrogen-bond acceptors (Lipinski definition) is 7. The van der Waals surface area contributed by atoms with Crippen LogP contribution in [0.5, 0.6) is 23.0 Å². The molecule has 4 rings (SSSR count). The van der Waals surface area contributed by atoms with Gasteiger partial charge in [-0.3, -0.25) is 14.4 Å². The summed E-state index contributed by atoms with van der Waals surface area (Å²) in [5, 5.41) is 44.2. The fourth-order valence-electron chi connectivity index (χ4n) is 3.68. The van der Waals surface area contributed by atoms with Gasteiger partial charge in [-0.05, 0) is 47.5 Å². The first-order chi connectivity index (χ1) is 17.2. The monoisotopic (exact) mass is 489 g/mol. The summed E-state index contributed by atoms with van der Waals surface area (Å²) < 4.78 is 0. The predicted octanol–water partition coefficient (Wildman–Crippen LogP) is 2.01. The number of amides is 2. The number of para-hydroxylation sites is 1. The third-order valence-corrected chi connectivity index (χ3v) is 5.59. The second kappa shape index (κ2) is 10.1. The summed E-state index contributed by atoms with van der Waals surface area (Å²) in [7, 11) is 0. The van der Waals surface area contributed by atoms with E-state index in [0.29, 0.717) is 11.1 Å². The van der Waals surface area contributed by atoms with E-state index in [9.17, 15) is 34.8 Å². The molecule has 0 aliphatic heterocycles. The van der Waals surface area contributed by atoms with Crippen molar-refractivity contribution >= 4 is 22.7 Å². The number of nitrogens with one attached hydrogen (secondary N) is 3. The average Bonchev–Trinajstić information content (AvgIpc) is 2.86. The normalized spacial score (nSPS) is 11.7. The Balaban J connectivity index is 1.57. The molecule has 0 radical (unpaired) electrons. The van der Waals surface area contributed by atoms with Crippen LogP contribution in [0, 0.1) is 0 Å². The second-order valence-electron chi connectivity index (χ2n) is 8.18. The number of hydrogen-bond donors (Lipinski definition) is 7. The van der Waals surface area contributed by atoms with Gasteiger partial charge in [-0.15, -0.1) is 0 Å². The number of phenols is 4. The van der Waals surface area contributed by atoms with Crippen LogP contribution < -0.4 is 16.1 Å². The molecule has 2 amide bonds. The lowest BCUT2D eigenvalue weighted by Crippen LogP contribution is -2.48. The molecule has 10 heteroatoms. The molecular formula is C26H23N3O7. The van der Waals surface area contributed by atoms with Crippen LogP contribution in [0.1, 0.15) is 21.6 Å². The van der Waals surface area contributed by atoms with E-state index in [-0.39, 0.29) is 52.6 Å². The van der Waals surface area contributed by atoms with E-state index in [1.807, 2.05) is 0 Å². The molecule has 1 atom stereocenters. The van der Waals surface area contributed by atoms with Gasteiger partial charge in [0.05, 0.1) is 5.52 Å². The summed E-state index contributed by atoms with van der Waals surface area (Å²) in [6.07, 6.45) is 0.0712. The number of phenolic OH excluding ortho intramolecular Hbond substituents is 4. The lowest BCUT2D eigenvalue weighted by atomic mass is 10.0. The minimum atomic E-state index is -1.07. The molecule has 0 bridgehead atoms. The van der Waals surface area contributed by atoms with Gasteiger partial charge in [0.15, 0.2) is 16.9 Å². The molecule has 7 N–H and O–H groups in total. The van der Waals surface area contributed by atoms with Gasteiger partial charge in [0.1, 0.15) is 23.2 Å². The van der Waals surface area contributed by atoms with Crippen molar-refractivity contribution in [2.45, 2.75) is 19.0 Å². The van der Waals surface area contributed by atoms with Gasteiger partial charge in [-0.1, -0.05) is 24.3 Å². The van der Waals surface area contributed by atoms with E-state index in [0.717, 1.165) is 6.07 Å². The topological polar surface area (TPSA) is 172 Å². The van der Waals surface area contributed by atoms with Gasteiger partial charge < -0.3 is 36.0 Å². The molecule has 36 heavy (non-hydrogen) atoms. The maximum atomic E-state index is 13.0. The van der Waals surface area contributed by atoms with Crippen LogP contribution >= 0.6 is 0 Å². The van der Waals surface area contributed by atoms with Crippen LogP contribution in [0.4, 0.5) is 0 Å². The molecule has 0 aliphatic rings. The summed E-state index contributed by atoms with van der Waals surface area (Å²) in [5.41, 5.74) is 0.655. The van der Waals surface area contributed by atoms with Gasteiger partial charge in [-0.2, -0.15) is 0 Å². The molecule has 0 unspecified atom stereocenters. The number of aromatic hydroxyl groups is 4. The van der Waals surface area contributed by atoms with Crippen LogP contribution in [0.25, 0.3) is 10.9 Å². The van der Waals surface area contributed by atoms with Crippen LogP contribution in [-0.4, -0.2) is 43.3 Å². The Hall–Kier alpha value is -4.99. The van der Waals surface area contributed by atoms with Crippen molar-refractivity contribution in [3.8, 4) is 23.0 Å². The summed E-state index contributed by atoms with van der Waals surface area (Å²) in [4.78, 5) is 41.3.